The van der Waals surface area contributed by atoms with Crippen molar-refractivity contribution < 1.29 is 4.52 Å². The molecule has 0 spiro atoms. The highest BCUT2D eigenvalue weighted by atomic mass is 35.5. The first-order chi connectivity index (χ1) is 2.27. The van der Waals surface area contributed by atoms with Crippen LogP contribution in [0.3, 0.4) is 0 Å². The van der Waals surface area contributed by atoms with Gasteiger partial charge >= 0.3 is 0 Å². The van der Waals surface area contributed by atoms with Crippen LogP contribution in [0.2, 0.25) is 0 Å². The lowest BCUT2D eigenvalue weighted by atomic mass is 10.5. The van der Waals surface area contributed by atoms with Crippen molar-refractivity contribution in [2.75, 3.05) is 0 Å². The lowest BCUT2D eigenvalue weighted by Crippen LogP contribution is -1.88. The Morgan fingerprint density at radius 1 is 1.50 bits per heavy atom. The fourth-order valence-corrected chi connectivity index (χ4v) is 0. The predicted octanol–water partition coefficient (Wildman–Crippen LogP) is 1.62. The highest BCUT2D eigenvalue weighted by Gasteiger charge is 1.79. The van der Waals surface area contributed by atoms with Crippen molar-refractivity contribution in [2.45, 2.75) is 20.0 Å². The quantitative estimate of drug-likeness (QED) is 0.488. The Kier molecular flexibility index (Phi) is 9.31. The molecule has 0 aromatic carbocycles. The van der Waals surface area contributed by atoms with E-state index < -0.39 is 0 Å². The third-order valence-corrected chi connectivity index (χ3v) is 0.816. The van der Waals surface area contributed by atoms with E-state index in [1.807, 2.05) is 13.8 Å². The van der Waals surface area contributed by atoms with E-state index in [2.05, 4.69) is 14.0 Å². The van der Waals surface area contributed by atoms with Crippen LogP contribution in [0.1, 0.15) is 13.8 Å². The maximum absolute atomic E-state index is 4.67. The largest absolute Gasteiger partial charge is 0.363 e. The van der Waals surface area contributed by atoms with E-state index in [9.17, 15) is 0 Å². The SMILES string of the molecule is CC(C)OP.Cl. The van der Waals surface area contributed by atoms with Crippen molar-refractivity contribution in [1.29, 1.82) is 0 Å². The second kappa shape index (κ2) is 5.68. The molecule has 0 amide bonds. The van der Waals surface area contributed by atoms with Crippen LogP contribution < -0.4 is 0 Å². The van der Waals surface area contributed by atoms with Crippen LogP contribution in [0.25, 0.3) is 0 Å². The number of rotatable bonds is 1. The monoisotopic (exact) mass is 128 g/mol. The average Bonchev–Trinajstić information content (AvgIpc) is 1.38. The summed E-state index contributed by atoms with van der Waals surface area (Å²) in [5, 5.41) is 0. The smallest absolute Gasteiger partial charge is 0.0554 e. The number of hydrogen-bond donors (Lipinski definition) is 0. The summed E-state index contributed by atoms with van der Waals surface area (Å²) in [6, 6.07) is 0. The van der Waals surface area contributed by atoms with Crippen molar-refractivity contribution in [3.8, 4) is 0 Å². The minimum absolute atomic E-state index is 0. The average molecular weight is 129 g/mol. The normalized spacial score (nSPS) is 8.00. The third-order valence-electron chi connectivity index (χ3n) is 0.272. The molecule has 0 fully saturated rings. The van der Waals surface area contributed by atoms with E-state index in [1.165, 1.54) is 0 Å². The molecule has 0 saturated heterocycles. The summed E-state index contributed by atoms with van der Waals surface area (Å²) < 4.78 is 4.67. The van der Waals surface area contributed by atoms with Gasteiger partial charge in [0.15, 0.2) is 0 Å². The van der Waals surface area contributed by atoms with Crippen LogP contribution >= 0.6 is 21.9 Å². The maximum atomic E-state index is 4.67. The molecule has 0 aliphatic carbocycles. The molecule has 6 heavy (non-hydrogen) atoms. The Bertz CT molecular complexity index is 24.8. The fraction of sp³-hybridized carbons (Fsp3) is 1.00. The molecule has 0 N–H and O–H groups in total. The minimum atomic E-state index is 0. The molecule has 0 radical (unpaired) electrons. The Labute approximate surface area is 47.2 Å². The zero-order chi connectivity index (χ0) is 4.28. The summed E-state index contributed by atoms with van der Waals surface area (Å²) in [5.74, 6) is 0. The van der Waals surface area contributed by atoms with Gasteiger partial charge in [-0.1, -0.05) is 0 Å². The molecule has 0 aromatic heterocycles. The molecule has 0 rings (SSSR count). The molecule has 0 aliphatic rings. The fourth-order valence-electron chi connectivity index (χ4n) is 0. The van der Waals surface area contributed by atoms with Gasteiger partial charge in [-0.25, -0.2) is 0 Å². The molecule has 40 valence electrons. The molecule has 0 aliphatic heterocycles. The molecular weight excluding hydrogens is 118 g/mol. The first kappa shape index (κ1) is 9.84. The predicted molar refractivity (Wildman–Crippen MR) is 33.2 cm³/mol. The topological polar surface area (TPSA) is 9.23 Å². The summed E-state index contributed by atoms with van der Waals surface area (Å²) in [5.41, 5.74) is 0. The Balaban J connectivity index is 0. The van der Waals surface area contributed by atoms with Crippen molar-refractivity contribution >= 4 is 21.9 Å². The van der Waals surface area contributed by atoms with Crippen LogP contribution in [-0.2, 0) is 4.52 Å². The van der Waals surface area contributed by atoms with Crippen molar-refractivity contribution in [3.63, 3.8) is 0 Å². The lowest BCUT2D eigenvalue weighted by molar-refractivity contribution is 0.287. The van der Waals surface area contributed by atoms with E-state index in [0.29, 0.717) is 6.10 Å². The molecule has 0 bridgehead atoms. The molecule has 3 heteroatoms. The summed E-state index contributed by atoms with van der Waals surface area (Å²) in [7, 11) is 2.19. The van der Waals surface area contributed by atoms with E-state index in [-0.39, 0.29) is 12.4 Å². The molecule has 0 saturated carbocycles. The van der Waals surface area contributed by atoms with E-state index in [0.717, 1.165) is 0 Å². The zero-order valence-corrected chi connectivity index (χ0v) is 5.94. The second-order valence-corrected chi connectivity index (χ2v) is 1.46. The van der Waals surface area contributed by atoms with Gasteiger partial charge in [0.25, 0.3) is 0 Å². The van der Waals surface area contributed by atoms with Crippen molar-refractivity contribution in [2.24, 2.45) is 0 Å². The van der Waals surface area contributed by atoms with Crippen LogP contribution in [0, 0.1) is 0 Å². The van der Waals surface area contributed by atoms with E-state index >= 15 is 0 Å². The molecule has 0 heterocycles. The molecular formula is C3H10ClOP. The zero-order valence-electron chi connectivity index (χ0n) is 3.97. The van der Waals surface area contributed by atoms with Gasteiger partial charge in [0.2, 0.25) is 0 Å². The van der Waals surface area contributed by atoms with E-state index in [1.54, 1.807) is 0 Å². The van der Waals surface area contributed by atoms with Gasteiger partial charge < -0.3 is 4.52 Å². The van der Waals surface area contributed by atoms with Crippen LogP contribution in [0.5, 0.6) is 0 Å². The van der Waals surface area contributed by atoms with Crippen molar-refractivity contribution in [3.05, 3.63) is 0 Å². The lowest BCUT2D eigenvalue weighted by Gasteiger charge is -1.94. The van der Waals surface area contributed by atoms with Gasteiger partial charge in [0.1, 0.15) is 0 Å². The minimum Gasteiger partial charge on any atom is -0.363 e. The van der Waals surface area contributed by atoms with Gasteiger partial charge in [0.05, 0.1) is 6.10 Å². The summed E-state index contributed by atoms with van der Waals surface area (Å²) in [4.78, 5) is 0. The van der Waals surface area contributed by atoms with Gasteiger partial charge in [-0.15, -0.1) is 12.4 Å². The van der Waals surface area contributed by atoms with Crippen LogP contribution in [0.4, 0.5) is 0 Å². The Morgan fingerprint density at radius 2 is 1.67 bits per heavy atom. The van der Waals surface area contributed by atoms with Gasteiger partial charge in [-0.3, -0.25) is 0 Å². The third kappa shape index (κ3) is 8.82. The number of hydrogen-bond acceptors (Lipinski definition) is 1. The Hall–Kier alpha value is 0.680. The summed E-state index contributed by atoms with van der Waals surface area (Å²) in [6.07, 6.45) is 0.347. The first-order valence-corrected chi connectivity index (χ1v) is 2.10. The first-order valence-electron chi connectivity index (χ1n) is 1.63. The number of halogens is 1. The van der Waals surface area contributed by atoms with Crippen LogP contribution in [0.15, 0.2) is 0 Å². The van der Waals surface area contributed by atoms with Crippen molar-refractivity contribution in [1.82, 2.24) is 0 Å². The maximum Gasteiger partial charge on any atom is 0.0554 e. The second-order valence-electron chi connectivity index (χ2n) is 1.18. The van der Waals surface area contributed by atoms with Gasteiger partial charge in [-0.05, 0) is 13.8 Å². The summed E-state index contributed by atoms with van der Waals surface area (Å²) >= 11 is 0. The van der Waals surface area contributed by atoms with Gasteiger partial charge in [0, 0.05) is 9.47 Å². The van der Waals surface area contributed by atoms with Gasteiger partial charge in [-0.2, -0.15) is 0 Å². The molecule has 1 unspecified atom stereocenters. The molecule has 1 atom stereocenters. The standard InChI is InChI=1S/C3H9OP.ClH/c1-3(2)4-5;/h3H,5H2,1-2H3;1H. The van der Waals surface area contributed by atoms with E-state index in [4.69, 9.17) is 0 Å². The Morgan fingerprint density at radius 3 is 1.67 bits per heavy atom. The highest BCUT2D eigenvalue weighted by Crippen LogP contribution is 1.91. The molecule has 1 nitrogen and oxygen atoms in total. The molecule has 0 aromatic rings. The summed E-state index contributed by atoms with van der Waals surface area (Å²) in [6.45, 7) is 3.96. The highest BCUT2D eigenvalue weighted by molar-refractivity contribution is 7.09. The van der Waals surface area contributed by atoms with Crippen LogP contribution in [-0.4, -0.2) is 6.10 Å².